The first kappa shape index (κ1) is 24.2. The van der Waals surface area contributed by atoms with Gasteiger partial charge in [0, 0.05) is 31.4 Å². The highest BCUT2D eigenvalue weighted by molar-refractivity contribution is 14.0. The van der Waals surface area contributed by atoms with Crippen LogP contribution in [-0.4, -0.2) is 43.6 Å². The Kier molecular flexibility index (Phi) is 10.8. The number of hydrogen-bond donors (Lipinski definition) is 3. The van der Waals surface area contributed by atoms with Gasteiger partial charge in [0.1, 0.15) is 5.75 Å². The summed E-state index contributed by atoms with van der Waals surface area (Å²) in [6.07, 6.45) is 1.73. The number of primary amides is 1. The standard InChI is InChI=1S/C19H27N5O2S.HI/c1-13-14(2)27-18(24-13)9-11-23-19(21-3)22-10-8-15-4-6-16(7-5-15)26-12-17(20)25;/h4-7H,8-12H2,1-3H3,(H2,20,25)(H2,21,22,23);1H. The van der Waals surface area contributed by atoms with Crippen LogP contribution < -0.4 is 21.1 Å². The van der Waals surface area contributed by atoms with E-state index in [4.69, 9.17) is 10.5 Å². The summed E-state index contributed by atoms with van der Waals surface area (Å²) in [6, 6.07) is 7.62. The number of guanidine groups is 1. The summed E-state index contributed by atoms with van der Waals surface area (Å²) in [5.41, 5.74) is 7.34. The summed E-state index contributed by atoms with van der Waals surface area (Å²) >= 11 is 1.75. The number of carbonyl (C=O) groups is 1. The van der Waals surface area contributed by atoms with Crippen LogP contribution in [0.4, 0.5) is 0 Å². The highest BCUT2D eigenvalue weighted by Crippen LogP contribution is 2.16. The van der Waals surface area contributed by atoms with E-state index >= 15 is 0 Å². The molecule has 1 amide bonds. The molecule has 2 aromatic rings. The molecule has 1 aromatic heterocycles. The lowest BCUT2D eigenvalue weighted by Gasteiger charge is -2.11. The van der Waals surface area contributed by atoms with Gasteiger partial charge >= 0.3 is 0 Å². The van der Waals surface area contributed by atoms with Crippen molar-refractivity contribution in [3.63, 3.8) is 0 Å². The van der Waals surface area contributed by atoms with Crippen molar-refractivity contribution in [3.05, 3.63) is 45.4 Å². The molecule has 0 aliphatic heterocycles. The van der Waals surface area contributed by atoms with Crippen LogP contribution in [0.5, 0.6) is 5.75 Å². The molecule has 0 radical (unpaired) electrons. The second-order valence-electron chi connectivity index (χ2n) is 6.07. The number of aromatic nitrogens is 1. The molecule has 0 unspecified atom stereocenters. The lowest BCUT2D eigenvalue weighted by Crippen LogP contribution is -2.39. The zero-order valence-electron chi connectivity index (χ0n) is 16.4. The van der Waals surface area contributed by atoms with Crippen LogP contribution in [0, 0.1) is 13.8 Å². The average Bonchev–Trinajstić information content (AvgIpc) is 2.97. The molecule has 0 aliphatic rings. The number of amides is 1. The van der Waals surface area contributed by atoms with Gasteiger partial charge in [0.15, 0.2) is 12.6 Å². The number of nitrogens with two attached hydrogens (primary N) is 1. The molecule has 154 valence electrons. The molecule has 7 nitrogen and oxygen atoms in total. The second-order valence-corrected chi connectivity index (χ2v) is 7.36. The zero-order chi connectivity index (χ0) is 19.6. The van der Waals surface area contributed by atoms with Gasteiger partial charge in [-0.3, -0.25) is 9.79 Å². The fraction of sp³-hybridized carbons (Fsp3) is 0.421. The summed E-state index contributed by atoms with van der Waals surface area (Å²) in [5, 5.41) is 7.76. The number of carbonyl (C=O) groups excluding carboxylic acids is 1. The van der Waals surface area contributed by atoms with Crippen molar-refractivity contribution < 1.29 is 9.53 Å². The maximum absolute atomic E-state index is 10.7. The first-order valence-electron chi connectivity index (χ1n) is 8.85. The van der Waals surface area contributed by atoms with E-state index < -0.39 is 5.91 Å². The highest BCUT2D eigenvalue weighted by Gasteiger charge is 2.04. The van der Waals surface area contributed by atoms with Gasteiger partial charge in [0.25, 0.3) is 5.91 Å². The number of nitrogens with one attached hydrogen (secondary N) is 2. The van der Waals surface area contributed by atoms with Gasteiger partial charge in [-0.1, -0.05) is 12.1 Å². The summed E-state index contributed by atoms with van der Waals surface area (Å²) in [4.78, 5) is 20.8. The molecule has 0 spiro atoms. The average molecular weight is 517 g/mol. The van der Waals surface area contributed by atoms with Gasteiger partial charge < -0.3 is 21.1 Å². The molecule has 0 saturated heterocycles. The van der Waals surface area contributed by atoms with Crippen molar-refractivity contribution >= 4 is 47.2 Å². The van der Waals surface area contributed by atoms with Crippen LogP contribution in [0.15, 0.2) is 29.3 Å². The van der Waals surface area contributed by atoms with Crippen LogP contribution in [0.25, 0.3) is 0 Å². The van der Waals surface area contributed by atoms with E-state index in [9.17, 15) is 4.79 Å². The van der Waals surface area contributed by atoms with E-state index in [-0.39, 0.29) is 30.6 Å². The first-order chi connectivity index (χ1) is 13.0. The van der Waals surface area contributed by atoms with Crippen molar-refractivity contribution in [2.45, 2.75) is 26.7 Å². The van der Waals surface area contributed by atoms with Gasteiger partial charge in [-0.25, -0.2) is 4.98 Å². The molecular weight excluding hydrogens is 489 g/mol. The Hall–Kier alpha value is -1.88. The van der Waals surface area contributed by atoms with Crippen LogP contribution in [0.1, 0.15) is 21.1 Å². The molecule has 0 atom stereocenters. The van der Waals surface area contributed by atoms with E-state index in [0.717, 1.165) is 48.2 Å². The minimum absolute atomic E-state index is 0. The Labute approximate surface area is 187 Å². The third-order valence-corrected chi connectivity index (χ3v) is 5.07. The van der Waals surface area contributed by atoms with E-state index in [0.29, 0.717) is 5.75 Å². The number of halogens is 1. The van der Waals surface area contributed by atoms with E-state index in [1.54, 1.807) is 18.4 Å². The lowest BCUT2D eigenvalue weighted by molar-refractivity contribution is -0.119. The molecule has 0 fully saturated rings. The maximum Gasteiger partial charge on any atom is 0.255 e. The second kappa shape index (κ2) is 12.6. The molecule has 1 heterocycles. The summed E-state index contributed by atoms with van der Waals surface area (Å²) in [5.74, 6) is 0.930. The van der Waals surface area contributed by atoms with Crippen LogP contribution in [-0.2, 0) is 17.6 Å². The molecule has 2 rings (SSSR count). The topological polar surface area (TPSA) is 102 Å². The Balaban J connectivity index is 0.00000392. The fourth-order valence-electron chi connectivity index (χ4n) is 2.39. The van der Waals surface area contributed by atoms with Crippen molar-refractivity contribution in [2.75, 3.05) is 26.7 Å². The Bertz CT molecular complexity index is 758. The van der Waals surface area contributed by atoms with Crippen LogP contribution in [0.3, 0.4) is 0 Å². The normalized spacial score (nSPS) is 10.9. The van der Waals surface area contributed by atoms with E-state index in [1.165, 1.54) is 4.88 Å². The largest absolute Gasteiger partial charge is 0.484 e. The van der Waals surface area contributed by atoms with Crippen molar-refractivity contribution in [1.82, 2.24) is 15.6 Å². The predicted octanol–water partition coefficient (Wildman–Crippen LogP) is 2.19. The summed E-state index contributed by atoms with van der Waals surface area (Å²) < 4.78 is 5.25. The molecule has 1 aromatic carbocycles. The SMILES string of the molecule is CN=C(NCCc1ccc(OCC(N)=O)cc1)NCCc1nc(C)c(C)s1.I. The molecule has 4 N–H and O–H groups in total. The summed E-state index contributed by atoms with van der Waals surface area (Å²) in [7, 11) is 1.76. The van der Waals surface area contributed by atoms with Gasteiger partial charge in [-0.05, 0) is 38.0 Å². The third kappa shape index (κ3) is 8.42. The molecule has 0 saturated carbocycles. The van der Waals surface area contributed by atoms with Gasteiger partial charge in [-0.15, -0.1) is 35.3 Å². The van der Waals surface area contributed by atoms with Gasteiger partial charge in [-0.2, -0.15) is 0 Å². The smallest absolute Gasteiger partial charge is 0.255 e. The van der Waals surface area contributed by atoms with Gasteiger partial charge in [0.05, 0.1) is 10.7 Å². The van der Waals surface area contributed by atoms with Crippen molar-refractivity contribution in [1.29, 1.82) is 0 Å². The maximum atomic E-state index is 10.7. The van der Waals surface area contributed by atoms with Crippen LogP contribution >= 0.6 is 35.3 Å². The quantitative estimate of drug-likeness (QED) is 0.269. The number of thiazole rings is 1. The molecule has 0 aliphatic carbocycles. The number of nitrogens with zero attached hydrogens (tertiary/aromatic N) is 2. The molecular formula is C19H28IN5O2S. The fourth-order valence-corrected chi connectivity index (χ4v) is 3.32. The lowest BCUT2D eigenvalue weighted by atomic mass is 10.1. The first-order valence-corrected chi connectivity index (χ1v) is 9.67. The zero-order valence-corrected chi connectivity index (χ0v) is 19.6. The minimum Gasteiger partial charge on any atom is -0.484 e. The number of benzene rings is 1. The highest BCUT2D eigenvalue weighted by atomic mass is 127. The number of hydrogen-bond acceptors (Lipinski definition) is 5. The predicted molar refractivity (Wildman–Crippen MR) is 125 cm³/mol. The van der Waals surface area contributed by atoms with Crippen molar-refractivity contribution in [2.24, 2.45) is 10.7 Å². The molecule has 0 bridgehead atoms. The van der Waals surface area contributed by atoms with E-state index in [1.807, 2.05) is 31.2 Å². The Morgan fingerprint density at radius 3 is 2.36 bits per heavy atom. The Morgan fingerprint density at radius 1 is 1.18 bits per heavy atom. The number of aryl methyl sites for hydroxylation is 2. The molecule has 28 heavy (non-hydrogen) atoms. The van der Waals surface area contributed by atoms with Gasteiger partial charge in [0.2, 0.25) is 0 Å². The number of ether oxygens (including phenoxy) is 1. The van der Waals surface area contributed by atoms with Crippen molar-refractivity contribution in [3.8, 4) is 5.75 Å². The minimum atomic E-state index is -0.484. The number of aliphatic imine (C=N–C) groups is 1. The third-order valence-electron chi connectivity index (χ3n) is 3.94. The monoisotopic (exact) mass is 517 g/mol. The number of rotatable bonds is 9. The molecule has 9 heteroatoms. The Morgan fingerprint density at radius 2 is 1.82 bits per heavy atom. The van der Waals surface area contributed by atoms with Crippen LogP contribution in [0.2, 0.25) is 0 Å². The summed E-state index contributed by atoms with van der Waals surface area (Å²) in [6.45, 7) is 5.58. The van der Waals surface area contributed by atoms with E-state index in [2.05, 4.69) is 27.5 Å².